The van der Waals surface area contributed by atoms with Gasteiger partial charge in [-0.2, -0.15) is 0 Å². The monoisotopic (exact) mass is 591 g/mol. The summed E-state index contributed by atoms with van der Waals surface area (Å²) in [6, 6.07) is 48.4. The lowest BCUT2D eigenvalue weighted by molar-refractivity contribution is 0.353. The van der Waals surface area contributed by atoms with Gasteiger partial charge in [0.1, 0.15) is 0 Å². The normalized spacial score (nSPS) is 16.8. The van der Waals surface area contributed by atoms with Crippen LogP contribution >= 0.6 is 0 Å². The van der Waals surface area contributed by atoms with E-state index in [0.717, 1.165) is 0 Å². The largest absolute Gasteiger partial charge is 0.309 e. The minimum Gasteiger partial charge on any atom is -0.309 e. The molecule has 0 saturated heterocycles. The Labute approximate surface area is 271 Å². The fourth-order valence-corrected chi connectivity index (χ4v) is 9.58. The molecular weight excluding hydrogens is 555 g/mol. The van der Waals surface area contributed by atoms with Gasteiger partial charge in [-0.25, -0.2) is 0 Å². The summed E-state index contributed by atoms with van der Waals surface area (Å²) in [6.07, 6.45) is 6.53. The van der Waals surface area contributed by atoms with Crippen LogP contribution in [0.15, 0.2) is 127 Å². The molecule has 0 bridgehead atoms. The van der Waals surface area contributed by atoms with Gasteiger partial charge in [-0.05, 0) is 117 Å². The van der Waals surface area contributed by atoms with Crippen molar-refractivity contribution in [3.63, 3.8) is 0 Å². The van der Waals surface area contributed by atoms with Gasteiger partial charge in [0.05, 0.1) is 11.0 Å². The Hall–Kier alpha value is -4.88. The first kappa shape index (κ1) is 26.3. The average Bonchev–Trinajstić information content (AvgIpc) is 3.66. The van der Waals surface area contributed by atoms with Gasteiger partial charge in [0.15, 0.2) is 0 Å². The lowest BCUT2D eigenvalue weighted by Gasteiger charge is -2.36. The van der Waals surface area contributed by atoms with Crippen LogP contribution in [0.2, 0.25) is 0 Å². The molecule has 0 N–H and O–H groups in total. The van der Waals surface area contributed by atoms with Crippen molar-refractivity contribution in [3.8, 4) is 39.1 Å². The lowest BCUT2D eigenvalue weighted by atomic mass is 9.67. The summed E-state index contributed by atoms with van der Waals surface area (Å²) in [5, 5.41) is 2.59. The molecule has 0 unspecified atom stereocenters. The van der Waals surface area contributed by atoms with Crippen LogP contribution in [0, 0.1) is 0 Å². The van der Waals surface area contributed by atoms with Gasteiger partial charge < -0.3 is 4.57 Å². The number of hydrogen-bond acceptors (Lipinski definition) is 0. The maximum Gasteiger partial charge on any atom is 0.0541 e. The number of fused-ring (bicyclic) bond motifs is 11. The van der Waals surface area contributed by atoms with E-state index in [2.05, 4.69) is 146 Å². The van der Waals surface area contributed by atoms with Crippen LogP contribution in [-0.4, -0.2) is 4.57 Å². The highest BCUT2D eigenvalue weighted by Gasteiger charge is 2.46. The van der Waals surface area contributed by atoms with Gasteiger partial charge in [-0.1, -0.05) is 112 Å². The topological polar surface area (TPSA) is 4.93 Å². The second-order valence-electron chi connectivity index (χ2n) is 14.4. The molecule has 1 saturated carbocycles. The summed E-state index contributed by atoms with van der Waals surface area (Å²) < 4.78 is 2.40. The van der Waals surface area contributed by atoms with E-state index >= 15 is 0 Å². The molecular formula is C45H37N. The highest BCUT2D eigenvalue weighted by atomic mass is 15.0. The van der Waals surface area contributed by atoms with Crippen molar-refractivity contribution in [2.45, 2.75) is 56.8 Å². The van der Waals surface area contributed by atoms with E-state index in [-0.39, 0.29) is 10.8 Å². The third-order valence-corrected chi connectivity index (χ3v) is 11.8. The van der Waals surface area contributed by atoms with Crippen molar-refractivity contribution in [3.05, 3.63) is 150 Å². The van der Waals surface area contributed by atoms with E-state index in [1.54, 1.807) is 11.1 Å². The summed E-state index contributed by atoms with van der Waals surface area (Å²) in [5.74, 6) is 0. The van der Waals surface area contributed by atoms with Crippen molar-refractivity contribution >= 4 is 21.8 Å². The van der Waals surface area contributed by atoms with Crippen LogP contribution in [0.25, 0.3) is 60.9 Å². The maximum atomic E-state index is 2.63. The van der Waals surface area contributed by atoms with Gasteiger partial charge >= 0.3 is 0 Å². The van der Waals surface area contributed by atoms with Crippen LogP contribution in [0.5, 0.6) is 0 Å². The lowest BCUT2D eigenvalue weighted by Crippen LogP contribution is -2.28. The molecule has 1 heterocycles. The van der Waals surface area contributed by atoms with E-state index < -0.39 is 0 Å². The number of aromatic nitrogens is 1. The minimum atomic E-state index is -0.0391. The molecule has 0 amide bonds. The SMILES string of the molecule is CC1(C)c2ccc(-c3ccc4c(c3)c3ccccc3n4-c3ccccc3)cc2-c2cc3c(cc21)-c1ccccc1C31CCCCC1. The number of rotatable bonds is 2. The van der Waals surface area contributed by atoms with Crippen LogP contribution < -0.4 is 0 Å². The molecule has 222 valence electrons. The third kappa shape index (κ3) is 3.41. The summed E-state index contributed by atoms with van der Waals surface area (Å²) in [6.45, 7) is 4.84. The van der Waals surface area contributed by atoms with Gasteiger partial charge in [0.2, 0.25) is 0 Å². The highest BCUT2D eigenvalue weighted by molar-refractivity contribution is 6.10. The van der Waals surface area contributed by atoms with E-state index in [1.807, 2.05) is 0 Å². The molecule has 1 nitrogen and oxygen atoms in total. The molecule has 3 aliphatic carbocycles. The minimum absolute atomic E-state index is 0.0391. The molecule has 1 spiro atoms. The zero-order valence-corrected chi connectivity index (χ0v) is 26.6. The van der Waals surface area contributed by atoms with Crippen molar-refractivity contribution < 1.29 is 0 Å². The highest BCUT2D eigenvalue weighted by Crippen LogP contribution is 2.60. The maximum absolute atomic E-state index is 2.63. The predicted molar refractivity (Wildman–Crippen MR) is 193 cm³/mol. The smallest absolute Gasteiger partial charge is 0.0541 e. The predicted octanol–water partition coefficient (Wildman–Crippen LogP) is 12.0. The molecule has 0 aliphatic heterocycles. The zero-order chi connectivity index (χ0) is 30.6. The summed E-state index contributed by atoms with van der Waals surface area (Å²) in [4.78, 5) is 0. The van der Waals surface area contributed by atoms with Gasteiger partial charge in [-0.3, -0.25) is 0 Å². The molecule has 1 aromatic heterocycles. The summed E-state index contributed by atoms with van der Waals surface area (Å²) in [5.41, 5.74) is 18.3. The summed E-state index contributed by atoms with van der Waals surface area (Å²) >= 11 is 0. The van der Waals surface area contributed by atoms with E-state index in [4.69, 9.17) is 0 Å². The Bertz CT molecular complexity index is 2360. The van der Waals surface area contributed by atoms with E-state index in [9.17, 15) is 0 Å². The third-order valence-electron chi connectivity index (χ3n) is 11.8. The molecule has 1 fully saturated rings. The number of para-hydroxylation sites is 2. The van der Waals surface area contributed by atoms with Crippen LogP contribution in [0.1, 0.15) is 68.2 Å². The standard InChI is InChI=1S/C45H37N/c1-44(2)38-21-19-29(30-20-22-43-37(26-30)33-16-8-10-18-42(33)46(43)31-13-5-3-6-14-31)25-34(38)36-28-41-35(27-40(36)44)32-15-7-9-17-39(32)45(41)23-11-4-12-24-45/h3,5-10,13-22,25-28H,4,11-12,23-24H2,1-2H3. The van der Waals surface area contributed by atoms with Crippen molar-refractivity contribution in [1.29, 1.82) is 0 Å². The summed E-state index contributed by atoms with van der Waals surface area (Å²) in [7, 11) is 0. The average molecular weight is 592 g/mol. The van der Waals surface area contributed by atoms with E-state index in [0.29, 0.717) is 0 Å². The molecule has 7 aromatic rings. The first-order chi connectivity index (χ1) is 22.5. The number of nitrogens with zero attached hydrogens (tertiary/aromatic N) is 1. The molecule has 0 radical (unpaired) electrons. The van der Waals surface area contributed by atoms with Crippen molar-refractivity contribution in [1.82, 2.24) is 4.57 Å². The fraction of sp³-hybridized carbons (Fsp3) is 0.200. The fourth-order valence-electron chi connectivity index (χ4n) is 9.58. The first-order valence-electron chi connectivity index (χ1n) is 17.1. The van der Waals surface area contributed by atoms with Crippen molar-refractivity contribution in [2.75, 3.05) is 0 Å². The molecule has 0 atom stereocenters. The van der Waals surface area contributed by atoms with Gasteiger partial charge in [-0.15, -0.1) is 0 Å². The Morgan fingerprint density at radius 3 is 1.98 bits per heavy atom. The van der Waals surface area contributed by atoms with Gasteiger partial charge in [0.25, 0.3) is 0 Å². The Morgan fingerprint density at radius 1 is 0.457 bits per heavy atom. The Morgan fingerprint density at radius 2 is 1.11 bits per heavy atom. The first-order valence-corrected chi connectivity index (χ1v) is 17.1. The number of benzene rings is 6. The zero-order valence-electron chi connectivity index (χ0n) is 26.6. The van der Waals surface area contributed by atoms with Crippen LogP contribution in [-0.2, 0) is 10.8 Å². The second-order valence-corrected chi connectivity index (χ2v) is 14.4. The van der Waals surface area contributed by atoms with E-state index in [1.165, 1.54) is 104 Å². The Balaban J connectivity index is 1.15. The van der Waals surface area contributed by atoms with Gasteiger partial charge in [0, 0.05) is 27.3 Å². The van der Waals surface area contributed by atoms with Crippen LogP contribution in [0.4, 0.5) is 0 Å². The molecule has 3 aliphatic rings. The molecule has 1 heteroatoms. The van der Waals surface area contributed by atoms with Crippen molar-refractivity contribution in [2.24, 2.45) is 0 Å². The molecule has 10 rings (SSSR count). The molecule has 46 heavy (non-hydrogen) atoms. The molecule has 6 aromatic carbocycles. The Kier molecular flexibility index (Phi) is 5.34. The second kappa shape index (κ2) is 9.33. The van der Waals surface area contributed by atoms with Crippen LogP contribution in [0.3, 0.4) is 0 Å². The quantitative estimate of drug-likeness (QED) is 0.188. The number of hydrogen-bond donors (Lipinski definition) is 0.